The number of para-hydroxylation sites is 1. The van der Waals surface area contributed by atoms with Gasteiger partial charge in [0, 0.05) is 17.4 Å². The number of aliphatic carboxylic acids is 2. The molecule has 0 heterocycles. The summed E-state index contributed by atoms with van der Waals surface area (Å²) in [6.45, 7) is 3.68. The SMILES string of the molecule is CC(C)(CSC(/C=C/c1ccccc1CCCCCOc1ccccc1)C(O)CCCC(=O)O)C(=O)NCC(=O)O. The quantitative estimate of drug-likeness (QED) is 0.151. The zero-order chi connectivity index (χ0) is 30.1. The summed E-state index contributed by atoms with van der Waals surface area (Å²) in [6, 6.07) is 17.9. The summed E-state index contributed by atoms with van der Waals surface area (Å²) in [5.41, 5.74) is 1.38. The smallest absolute Gasteiger partial charge is 0.322 e. The summed E-state index contributed by atoms with van der Waals surface area (Å²) >= 11 is 1.40. The van der Waals surface area contributed by atoms with Crippen molar-refractivity contribution >= 4 is 35.7 Å². The van der Waals surface area contributed by atoms with Gasteiger partial charge in [0.25, 0.3) is 0 Å². The van der Waals surface area contributed by atoms with E-state index in [9.17, 15) is 19.5 Å². The predicted octanol–water partition coefficient (Wildman–Crippen LogP) is 5.44. The van der Waals surface area contributed by atoms with Gasteiger partial charge in [-0.05, 0) is 61.8 Å². The van der Waals surface area contributed by atoms with Crippen molar-refractivity contribution in [3.8, 4) is 5.75 Å². The minimum atomic E-state index is -1.12. The van der Waals surface area contributed by atoms with Crippen LogP contribution in [0, 0.1) is 5.41 Å². The van der Waals surface area contributed by atoms with Gasteiger partial charge in [0.05, 0.1) is 18.1 Å². The normalized spacial score (nSPS) is 13.0. The second kappa shape index (κ2) is 18.2. The molecule has 2 atom stereocenters. The Bertz CT molecular complexity index is 1120. The van der Waals surface area contributed by atoms with Crippen molar-refractivity contribution in [3.63, 3.8) is 0 Å². The Labute approximate surface area is 247 Å². The van der Waals surface area contributed by atoms with E-state index in [1.807, 2.05) is 60.7 Å². The van der Waals surface area contributed by atoms with Gasteiger partial charge >= 0.3 is 11.9 Å². The molecule has 1 amide bonds. The van der Waals surface area contributed by atoms with E-state index in [4.69, 9.17) is 14.9 Å². The molecule has 0 radical (unpaired) electrons. The topological polar surface area (TPSA) is 133 Å². The molecule has 2 unspecified atom stereocenters. The molecule has 0 fully saturated rings. The fraction of sp³-hybridized carbons (Fsp3) is 0.469. The van der Waals surface area contributed by atoms with Crippen molar-refractivity contribution in [1.29, 1.82) is 0 Å². The lowest BCUT2D eigenvalue weighted by atomic mass is 9.95. The zero-order valence-corrected chi connectivity index (χ0v) is 24.8. The van der Waals surface area contributed by atoms with Crippen LogP contribution in [-0.2, 0) is 20.8 Å². The van der Waals surface area contributed by atoms with Crippen LogP contribution in [0.15, 0.2) is 60.7 Å². The van der Waals surface area contributed by atoms with Crippen molar-refractivity contribution in [1.82, 2.24) is 5.32 Å². The third-order valence-electron chi connectivity index (χ3n) is 6.54. The van der Waals surface area contributed by atoms with Crippen molar-refractivity contribution in [3.05, 3.63) is 71.8 Å². The number of nitrogens with one attached hydrogen (secondary N) is 1. The second-order valence-electron chi connectivity index (χ2n) is 10.6. The molecule has 9 heteroatoms. The number of carboxylic acid groups (broad SMARTS) is 2. The summed E-state index contributed by atoms with van der Waals surface area (Å²) in [7, 11) is 0. The number of hydrogen-bond acceptors (Lipinski definition) is 6. The van der Waals surface area contributed by atoms with Crippen molar-refractivity contribution in [2.75, 3.05) is 18.9 Å². The van der Waals surface area contributed by atoms with E-state index in [1.54, 1.807) is 13.8 Å². The van der Waals surface area contributed by atoms with Gasteiger partial charge in [-0.1, -0.05) is 68.5 Å². The Morgan fingerprint density at radius 3 is 2.37 bits per heavy atom. The molecule has 2 aromatic rings. The van der Waals surface area contributed by atoms with Crippen molar-refractivity contribution in [2.24, 2.45) is 5.41 Å². The highest BCUT2D eigenvalue weighted by Gasteiger charge is 2.30. The Kier molecular flexibility index (Phi) is 15.0. The molecule has 41 heavy (non-hydrogen) atoms. The molecule has 0 spiro atoms. The lowest BCUT2D eigenvalue weighted by molar-refractivity contribution is -0.139. The van der Waals surface area contributed by atoms with Gasteiger partial charge in [-0.25, -0.2) is 0 Å². The van der Waals surface area contributed by atoms with Crippen LogP contribution in [-0.4, -0.2) is 63.4 Å². The number of rotatable bonds is 20. The van der Waals surface area contributed by atoms with Gasteiger partial charge < -0.3 is 25.4 Å². The molecule has 0 aliphatic heterocycles. The van der Waals surface area contributed by atoms with Crippen LogP contribution in [0.1, 0.15) is 63.5 Å². The summed E-state index contributed by atoms with van der Waals surface area (Å²) < 4.78 is 5.78. The van der Waals surface area contributed by atoms with Crippen LogP contribution < -0.4 is 10.1 Å². The average molecular weight is 586 g/mol. The van der Waals surface area contributed by atoms with E-state index < -0.39 is 30.0 Å². The number of thioether (sulfide) groups is 1. The fourth-order valence-corrected chi connectivity index (χ4v) is 5.40. The highest BCUT2D eigenvalue weighted by molar-refractivity contribution is 8.00. The lowest BCUT2D eigenvalue weighted by Crippen LogP contribution is -2.41. The molecule has 4 N–H and O–H groups in total. The van der Waals surface area contributed by atoms with E-state index >= 15 is 0 Å². The zero-order valence-electron chi connectivity index (χ0n) is 24.0. The Morgan fingerprint density at radius 1 is 0.951 bits per heavy atom. The number of aliphatic hydroxyl groups excluding tert-OH is 1. The monoisotopic (exact) mass is 585 g/mol. The second-order valence-corrected chi connectivity index (χ2v) is 11.8. The van der Waals surface area contributed by atoms with Gasteiger partial charge in [-0.15, -0.1) is 0 Å². The van der Waals surface area contributed by atoms with E-state index in [-0.39, 0.29) is 17.6 Å². The Balaban J connectivity index is 1.99. The molecular formula is C32H43NO7S. The highest BCUT2D eigenvalue weighted by atomic mass is 32.2. The fourth-order valence-electron chi connectivity index (χ4n) is 4.11. The Hall–Kier alpha value is -3.30. The molecule has 224 valence electrons. The van der Waals surface area contributed by atoms with Crippen LogP contribution in [0.2, 0.25) is 0 Å². The van der Waals surface area contributed by atoms with E-state index in [0.29, 0.717) is 25.2 Å². The van der Waals surface area contributed by atoms with Gasteiger partial charge in [-0.3, -0.25) is 14.4 Å². The summed E-state index contributed by atoms with van der Waals surface area (Å²) in [6.07, 6.45) is 7.65. The van der Waals surface area contributed by atoms with Crippen molar-refractivity contribution in [2.45, 2.75) is 70.1 Å². The largest absolute Gasteiger partial charge is 0.494 e. The van der Waals surface area contributed by atoms with Gasteiger partial charge in [0.2, 0.25) is 5.91 Å². The minimum absolute atomic E-state index is 0.0273. The number of aliphatic hydroxyl groups is 1. The number of unbranched alkanes of at least 4 members (excludes halogenated alkanes) is 2. The first-order valence-electron chi connectivity index (χ1n) is 14.0. The van der Waals surface area contributed by atoms with Crippen molar-refractivity contribution < 1.29 is 34.4 Å². The van der Waals surface area contributed by atoms with E-state index in [2.05, 4.69) is 11.4 Å². The number of amides is 1. The highest BCUT2D eigenvalue weighted by Crippen LogP contribution is 2.29. The van der Waals surface area contributed by atoms with E-state index in [1.165, 1.54) is 17.3 Å². The number of ether oxygens (including phenoxy) is 1. The lowest BCUT2D eigenvalue weighted by Gasteiger charge is -2.27. The van der Waals surface area contributed by atoms with E-state index in [0.717, 1.165) is 37.0 Å². The summed E-state index contributed by atoms with van der Waals surface area (Å²) in [5.74, 6) is -1.18. The molecule has 0 aromatic heterocycles. The molecular weight excluding hydrogens is 542 g/mol. The van der Waals surface area contributed by atoms with Crippen LogP contribution >= 0.6 is 11.8 Å². The predicted molar refractivity (Wildman–Crippen MR) is 163 cm³/mol. The Morgan fingerprint density at radius 2 is 1.66 bits per heavy atom. The number of aryl methyl sites for hydroxylation is 1. The van der Waals surface area contributed by atoms with Gasteiger partial charge in [-0.2, -0.15) is 11.8 Å². The molecule has 0 saturated heterocycles. The van der Waals surface area contributed by atoms with Crippen LogP contribution in [0.5, 0.6) is 5.75 Å². The third-order valence-corrected chi connectivity index (χ3v) is 8.29. The summed E-state index contributed by atoms with van der Waals surface area (Å²) in [4.78, 5) is 34.3. The molecule has 0 aliphatic rings. The summed E-state index contributed by atoms with van der Waals surface area (Å²) in [5, 5.41) is 30.8. The molecule has 2 rings (SSSR count). The maximum atomic E-state index is 12.5. The van der Waals surface area contributed by atoms with Crippen LogP contribution in [0.3, 0.4) is 0 Å². The molecule has 8 nitrogen and oxygen atoms in total. The maximum absolute atomic E-state index is 12.5. The van der Waals surface area contributed by atoms with Gasteiger partial charge in [0.15, 0.2) is 0 Å². The molecule has 0 bridgehead atoms. The first-order valence-corrected chi connectivity index (χ1v) is 15.1. The number of carbonyl (C=O) groups excluding carboxylic acids is 1. The molecule has 0 aliphatic carbocycles. The standard InChI is InChI=1S/C32H43NO7S/c1-32(2,31(39)33-22-30(37)38)23-41-28(27(34)17-11-18-29(35)36)20-19-25-14-9-8-13-24(25)12-5-4-10-21-40-26-15-6-3-7-16-26/h3,6-9,13-16,19-20,27-28,34H,4-5,10-12,17-18,21-23H2,1-2H3,(H,33,39)(H,35,36)(H,37,38)/b20-19+. The van der Waals surface area contributed by atoms with Gasteiger partial charge in [0.1, 0.15) is 12.3 Å². The minimum Gasteiger partial charge on any atom is -0.494 e. The first-order chi connectivity index (χ1) is 19.6. The number of carbonyl (C=O) groups is 3. The first kappa shape index (κ1) is 33.9. The average Bonchev–Trinajstić information content (AvgIpc) is 2.94. The third kappa shape index (κ3) is 13.7. The number of hydrogen-bond donors (Lipinski definition) is 4. The van der Waals surface area contributed by atoms with Crippen LogP contribution in [0.25, 0.3) is 6.08 Å². The van der Waals surface area contributed by atoms with Crippen LogP contribution in [0.4, 0.5) is 0 Å². The molecule has 2 aromatic carbocycles. The number of carboxylic acids is 2. The molecule has 0 saturated carbocycles. The number of benzene rings is 2. The maximum Gasteiger partial charge on any atom is 0.322 e.